The van der Waals surface area contributed by atoms with Crippen molar-refractivity contribution in [1.29, 1.82) is 0 Å². The van der Waals surface area contributed by atoms with Crippen LogP contribution in [0.2, 0.25) is 5.02 Å². The molecule has 2 heterocycles. The van der Waals surface area contributed by atoms with Gasteiger partial charge in [0.2, 0.25) is 11.8 Å². The van der Waals surface area contributed by atoms with Crippen LogP contribution in [0.5, 0.6) is 11.5 Å². The van der Waals surface area contributed by atoms with Gasteiger partial charge in [-0.15, -0.1) is 0 Å². The zero-order valence-electron chi connectivity index (χ0n) is 28.3. The van der Waals surface area contributed by atoms with E-state index in [1.165, 1.54) is 12.0 Å². The predicted molar refractivity (Wildman–Crippen MR) is 192 cm³/mol. The summed E-state index contributed by atoms with van der Waals surface area (Å²) in [5, 5.41) is 12.7. The Morgan fingerprint density at radius 3 is 2.29 bits per heavy atom. The minimum atomic E-state index is -1.44. The van der Waals surface area contributed by atoms with Gasteiger partial charge in [-0.2, -0.15) is 5.01 Å². The first-order valence-corrected chi connectivity index (χ1v) is 17.4. The zero-order chi connectivity index (χ0) is 35.8. The summed E-state index contributed by atoms with van der Waals surface area (Å²) in [5.41, 5.74) is 6.52. The summed E-state index contributed by atoms with van der Waals surface area (Å²) in [4.78, 5) is 59.8. The van der Waals surface area contributed by atoms with E-state index < -0.39 is 46.8 Å². The van der Waals surface area contributed by atoms with Gasteiger partial charge < -0.3 is 9.84 Å². The number of aromatic hydroxyl groups is 1. The maximum Gasteiger partial charge on any atom is 0.260 e. The molecule has 9 nitrogen and oxygen atoms in total. The second-order valence-corrected chi connectivity index (χ2v) is 14.4. The number of aryl methyl sites for hydroxylation is 2. The summed E-state index contributed by atoms with van der Waals surface area (Å²) < 4.78 is 5.37. The lowest BCUT2D eigenvalue weighted by Crippen LogP contribution is -2.53. The topological polar surface area (TPSA) is 116 Å². The van der Waals surface area contributed by atoms with Crippen molar-refractivity contribution in [3.63, 3.8) is 0 Å². The molecule has 4 aromatic rings. The summed E-state index contributed by atoms with van der Waals surface area (Å²) in [5.74, 6) is -5.01. The van der Waals surface area contributed by atoms with Crippen LogP contribution < -0.4 is 15.1 Å². The molecular weight excluding hydrogens is 666 g/mol. The third-order valence-electron chi connectivity index (χ3n) is 11.3. The van der Waals surface area contributed by atoms with Crippen molar-refractivity contribution >= 4 is 46.6 Å². The second kappa shape index (κ2) is 12.1. The maximum atomic E-state index is 15.2. The van der Waals surface area contributed by atoms with Gasteiger partial charge in [0.25, 0.3) is 11.8 Å². The quantitative estimate of drug-likeness (QED) is 0.167. The highest BCUT2D eigenvalue weighted by molar-refractivity contribution is 6.32. The van der Waals surface area contributed by atoms with Crippen molar-refractivity contribution in [3.8, 4) is 11.5 Å². The highest BCUT2D eigenvalue weighted by atomic mass is 35.5. The van der Waals surface area contributed by atoms with Crippen LogP contribution in [-0.2, 0) is 24.6 Å². The fourth-order valence-corrected chi connectivity index (χ4v) is 9.16. The number of carbonyl (C=O) groups is 4. The Kier molecular flexibility index (Phi) is 7.79. The monoisotopic (exact) mass is 701 g/mol. The number of amides is 4. The highest BCUT2D eigenvalue weighted by Gasteiger charge is 2.70. The van der Waals surface area contributed by atoms with Crippen molar-refractivity contribution in [2.45, 2.75) is 38.0 Å². The zero-order valence-corrected chi connectivity index (χ0v) is 29.1. The number of hydrogen-bond acceptors (Lipinski definition) is 7. The normalized spacial score (nSPS) is 26.8. The molecule has 4 amide bonds. The van der Waals surface area contributed by atoms with E-state index in [9.17, 15) is 19.5 Å². The molecule has 0 unspecified atom stereocenters. The molecule has 10 heteroatoms. The number of fused-ring (bicyclic) bond motifs is 4. The molecule has 8 rings (SSSR count). The molecule has 4 aromatic carbocycles. The van der Waals surface area contributed by atoms with E-state index >= 15 is 4.79 Å². The molecule has 1 saturated carbocycles. The number of benzene rings is 4. The van der Waals surface area contributed by atoms with Crippen molar-refractivity contribution < 1.29 is 29.0 Å². The van der Waals surface area contributed by atoms with Crippen LogP contribution in [0.25, 0.3) is 0 Å². The lowest BCUT2D eigenvalue weighted by atomic mass is 9.49. The fourth-order valence-electron chi connectivity index (χ4n) is 8.98. The number of imide groups is 2. The third-order valence-corrected chi connectivity index (χ3v) is 11.8. The second-order valence-electron chi connectivity index (χ2n) is 14.0. The number of phenolic OH excluding ortho intramolecular Hbond substituents is 1. The number of carbonyl (C=O) groups excluding carboxylic acids is 4. The number of rotatable bonds is 6. The minimum Gasteiger partial charge on any atom is -0.504 e. The fraction of sp³-hybridized carbons (Fsp3) is 0.268. The molecule has 0 bridgehead atoms. The van der Waals surface area contributed by atoms with E-state index in [0.29, 0.717) is 27.5 Å². The van der Waals surface area contributed by atoms with Crippen molar-refractivity contribution in [2.24, 2.45) is 23.7 Å². The summed E-state index contributed by atoms with van der Waals surface area (Å²) in [6.07, 6.45) is 2.43. The Morgan fingerprint density at radius 2 is 1.61 bits per heavy atom. The van der Waals surface area contributed by atoms with Crippen LogP contribution in [0.3, 0.4) is 0 Å². The number of phenols is 1. The number of halogens is 1. The molecule has 2 N–H and O–H groups in total. The lowest BCUT2D eigenvalue weighted by Gasteiger charge is -2.50. The van der Waals surface area contributed by atoms with Gasteiger partial charge in [0.15, 0.2) is 11.5 Å². The SMILES string of the molecule is COc1ccc([C@H]2C3=CC[C@@H]4C(=O)N(c5ccc(C)c(Cl)c5)C(=O)[C@@H]4[C@@H]3C[C@H]3C(=O)N(Nc4ccc(C)cc4)C(=O)[C@@]23c2ccccc2)cc1O. The molecule has 6 atom stereocenters. The Morgan fingerprint density at radius 1 is 0.863 bits per heavy atom. The molecule has 0 aromatic heterocycles. The van der Waals surface area contributed by atoms with Crippen LogP contribution in [0.15, 0.2) is 103 Å². The molecular formula is C41H36ClN3O6. The number of ether oxygens (including phenoxy) is 1. The van der Waals surface area contributed by atoms with Gasteiger partial charge in [-0.05, 0) is 85.7 Å². The van der Waals surface area contributed by atoms with E-state index in [1.54, 1.807) is 36.4 Å². The molecule has 3 fully saturated rings. The van der Waals surface area contributed by atoms with Crippen LogP contribution >= 0.6 is 11.6 Å². The minimum absolute atomic E-state index is 0.118. The number of anilines is 2. The summed E-state index contributed by atoms with van der Waals surface area (Å²) >= 11 is 6.45. The van der Waals surface area contributed by atoms with Gasteiger partial charge in [0.05, 0.1) is 41.7 Å². The smallest absolute Gasteiger partial charge is 0.260 e. The average molecular weight is 702 g/mol. The van der Waals surface area contributed by atoms with Gasteiger partial charge in [-0.25, -0.2) is 4.90 Å². The number of nitrogens with zero attached hydrogens (tertiary/aromatic N) is 2. The molecule has 2 saturated heterocycles. The molecule has 0 radical (unpaired) electrons. The summed E-state index contributed by atoms with van der Waals surface area (Å²) in [6.45, 7) is 3.81. The largest absolute Gasteiger partial charge is 0.504 e. The van der Waals surface area contributed by atoms with Crippen LogP contribution in [-0.4, -0.2) is 40.9 Å². The number of hydrazine groups is 1. The maximum absolute atomic E-state index is 15.2. The molecule has 51 heavy (non-hydrogen) atoms. The Hall–Kier alpha value is -5.41. The summed E-state index contributed by atoms with van der Waals surface area (Å²) in [7, 11) is 1.46. The van der Waals surface area contributed by atoms with E-state index in [0.717, 1.165) is 21.7 Å². The van der Waals surface area contributed by atoms with Gasteiger partial charge in [-0.1, -0.05) is 83.4 Å². The van der Waals surface area contributed by atoms with Gasteiger partial charge in [0.1, 0.15) is 0 Å². The Labute approximate surface area is 300 Å². The highest BCUT2D eigenvalue weighted by Crippen LogP contribution is 2.64. The standard InChI is InChI=1S/C41H36ClN3O6/c1-22-9-13-26(14-10-22)43-45-38(48)31-21-30-28(16-17-29-35(30)39(49)44(37(29)47)27-15-11-23(2)32(42)20-27)36(24-12-18-34(51-3)33(46)19-24)41(31,40(45)50)25-7-5-4-6-8-25/h4-16,18-20,29-31,35-36,43,46H,17,21H2,1-3H3/t29-,30+,31-,35-,36-,41+/m0/s1. The predicted octanol–water partition coefficient (Wildman–Crippen LogP) is 6.86. The van der Waals surface area contributed by atoms with E-state index in [2.05, 4.69) is 5.43 Å². The van der Waals surface area contributed by atoms with Crippen LogP contribution in [0, 0.1) is 37.5 Å². The number of nitrogens with one attached hydrogen (secondary N) is 1. The van der Waals surface area contributed by atoms with E-state index in [4.69, 9.17) is 16.3 Å². The average Bonchev–Trinajstić information content (AvgIpc) is 3.51. The van der Waals surface area contributed by atoms with Crippen LogP contribution in [0.4, 0.5) is 11.4 Å². The van der Waals surface area contributed by atoms with Crippen molar-refractivity contribution in [1.82, 2.24) is 5.01 Å². The first kappa shape index (κ1) is 32.8. The van der Waals surface area contributed by atoms with Crippen molar-refractivity contribution in [3.05, 3.63) is 130 Å². The Bertz CT molecular complexity index is 2150. The lowest BCUT2D eigenvalue weighted by molar-refractivity contribution is -0.138. The molecule has 2 aliphatic carbocycles. The van der Waals surface area contributed by atoms with Gasteiger partial charge in [-0.3, -0.25) is 24.6 Å². The first-order valence-electron chi connectivity index (χ1n) is 17.0. The number of allylic oxidation sites excluding steroid dienone is 2. The number of hydrogen-bond donors (Lipinski definition) is 2. The Balaban J connectivity index is 1.32. The molecule has 2 aliphatic heterocycles. The molecule has 0 spiro atoms. The van der Waals surface area contributed by atoms with Gasteiger partial charge >= 0.3 is 0 Å². The third kappa shape index (κ3) is 4.82. The van der Waals surface area contributed by atoms with Crippen LogP contribution in [0.1, 0.15) is 41.0 Å². The molecule has 4 aliphatic rings. The summed E-state index contributed by atoms with van der Waals surface area (Å²) in [6, 6.07) is 26.9. The van der Waals surface area contributed by atoms with E-state index in [-0.39, 0.29) is 36.2 Å². The van der Waals surface area contributed by atoms with Crippen molar-refractivity contribution in [2.75, 3.05) is 17.4 Å². The number of methoxy groups -OCH3 is 1. The molecule has 258 valence electrons. The van der Waals surface area contributed by atoms with Gasteiger partial charge in [0, 0.05) is 10.9 Å². The van der Waals surface area contributed by atoms with E-state index in [1.807, 2.05) is 74.5 Å². The first-order chi connectivity index (χ1) is 24.6.